The molecule has 138 valence electrons. The number of ether oxygens (including phenoxy) is 1. The van der Waals surface area contributed by atoms with Crippen LogP contribution in [-0.4, -0.2) is 69.5 Å². The number of hydrogen-bond donors (Lipinski definition) is 4. The molecule has 0 aromatic heterocycles. The van der Waals surface area contributed by atoms with Crippen LogP contribution in [0.2, 0.25) is 0 Å². The molecule has 1 aliphatic heterocycles. The van der Waals surface area contributed by atoms with Gasteiger partial charge in [-0.1, -0.05) is 17.7 Å². The summed E-state index contributed by atoms with van der Waals surface area (Å²) in [6.07, 6.45) is 0. The molecule has 0 bridgehead atoms. The van der Waals surface area contributed by atoms with Crippen LogP contribution in [0.4, 0.5) is 0 Å². The predicted octanol–water partition coefficient (Wildman–Crippen LogP) is 1.01. The third-order valence-electron chi connectivity index (χ3n) is 4.92. The summed E-state index contributed by atoms with van der Waals surface area (Å²) in [5.74, 6) is 0.941. The van der Waals surface area contributed by atoms with Crippen molar-refractivity contribution in [2.24, 2.45) is 0 Å². The van der Waals surface area contributed by atoms with Gasteiger partial charge in [0.1, 0.15) is 0 Å². The molecule has 0 radical (unpaired) electrons. The molecule has 4 N–H and O–H groups in total. The van der Waals surface area contributed by atoms with E-state index in [4.69, 9.17) is 4.74 Å². The first kappa shape index (κ1) is 18.2. The second-order valence-corrected chi connectivity index (χ2v) is 6.70. The highest BCUT2D eigenvalue weighted by molar-refractivity contribution is 5.72. The molecular formula is C19H30N4O2. The number of aliphatic hydroxyl groups excluding tert-OH is 1. The minimum Gasteiger partial charge on any atom is -0.507 e. The minimum absolute atomic E-state index is 0.129. The van der Waals surface area contributed by atoms with Crippen molar-refractivity contribution in [3.05, 3.63) is 40.6 Å². The average Bonchev–Trinajstić information content (AvgIpc) is 2.86. The molecule has 1 saturated heterocycles. The highest BCUT2D eigenvalue weighted by atomic mass is 16.5. The second kappa shape index (κ2) is 8.67. The van der Waals surface area contributed by atoms with Crippen LogP contribution in [0.1, 0.15) is 22.7 Å². The van der Waals surface area contributed by atoms with E-state index in [1.54, 1.807) is 7.11 Å². The Bertz CT molecular complexity index is 605. The molecule has 2 aliphatic rings. The number of benzene rings is 1. The molecule has 0 amide bonds. The Hall–Kier alpha value is -1.60. The predicted molar refractivity (Wildman–Crippen MR) is 101 cm³/mol. The monoisotopic (exact) mass is 346 g/mol. The van der Waals surface area contributed by atoms with Gasteiger partial charge in [-0.05, 0) is 18.6 Å². The van der Waals surface area contributed by atoms with Crippen molar-refractivity contribution in [2.75, 3.05) is 59.5 Å². The van der Waals surface area contributed by atoms with Crippen molar-refractivity contribution in [3.8, 4) is 0 Å². The Balaban J connectivity index is 1.83. The summed E-state index contributed by atoms with van der Waals surface area (Å²) in [4.78, 5) is 2.34. The van der Waals surface area contributed by atoms with Crippen molar-refractivity contribution in [2.45, 2.75) is 13.0 Å². The maximum Gasteiger partial charge on any atom is 0.165 e. The molecule has 1 atom stereocenters. The van der Waals surface area contributed by atoms with Crippen molar-refractivity contribution >= 4 is 5.76 Å². The number of hydrogen-bond acceptors (Lipinski definition) is 6. The molecule has 1 aromatic rings. The van der Waals surface area contributed by atoms with Crippen molar-refractivity contribution in [3.63, 3.8) is 0 Å². The van der Waals surface area contributed by atoms with Gasteiger partial charge in [-0.2, -0.15) is 0 Å². The van der Waals surface area contributed by atoms with Gasteiger partial charge in [-0.15, -0.1) is 0 Å². The van der Waals surface area contributed by atoms with E-state index in [0.29, 0.717) is 11.5 Å². The van der Waals surface area contributed by atoms with Crippen LogP contribution in [0.15, 0.2) is 24.0 Å². The van der Waals surface area contributed by atoms with Crippen LogP contribution in [-0.2, 0) is 4.74 Å². The van der Waals surface area contributed by atoms with Crippen molar-refractivity contribution in [1.29, 1.82) is 0 Å². The highest BCUT2D eigenvalue weighted by Gasteiger charge is 2.36. The quantitative estimate of drug-likeness (QED) is 0.641. The van der Waals surface area contributed by atoms with Crippen molar-refractivity contribution in [1.82, 2.24) is 20.9 Å². The van der Waals surface area contributed by atoms with Gasteiger partial charge >= 0.3 is 0 Å². The Morgan fingerprint density at radius 1 is 1.00 bits per heavy atom. The third-order valence-corrected chi connectivity index (χ3v) is 4.92. The Kier molecular flexibility index (Phi) is 6.31. The van der Waals surface area contributed by atoms with Crippen LogP contribution >= 0.6 is 0 Å². The standard InChI is InChI=1S/C19H30N4O2/c1-14-3-4-15-16(13-14)19(25-2)18(24)17(15)23-11-9-21-7-5-20-6-8-22-10-12-23/h3-4,13,17,20-22,24H,5-12H2,1-2H3. The third kappa shape index (κ3) is 4.15. The summed E-state index contributed by atoms with van der Waals surface area (Å²) in [6, 6.07) is 6.20. The van der Waals surface area contributed by atoms with Gasteiger partial charge in [0.05, 0.1) is 13.2 Å². The fourth-order valence-electron chi connectivity index (χ4n) is 3.64. The summed E-state index contributed by atoms with van der Waals surface area (Å²) in [7, 11) is 1.63. The lowest BCUT2D eigenvalue weighted by molar-refractivity contribution is 0.176. The minimum atomic E-state index is -0.129. The normalized spacial score (nSPS) is 23.7. The topological polar surface area (TPSA) is 68.8 Å². The first-order valence-electron chi connectivity index (χ1n) is 9.16. The molecule has 0 spiro atoms. The summed E-state index contributed by atoms with van der Waals surface area (Å²) >= 11 is 0. The summed E-state index contributed by atoms with van der Waals surface area (Å²) in [5.41, 5.74) is 3.32. The highest BCUT2D eigenvalue weighted by Crippen LogP contribution is 2.42. The maximum atomic E-state index is 10.9. The van der Waals surface area contributed by atoms with E-state index in [1.165, 1.54) is 5.56 Å². The SMILES string of the molecule is COC1=C(O)C(N2CCNCCNCCNCC2)c2ccc(C)cc21. The van der Waals surface area contributed by atoms with Gasteiger partial charge in [0, 0.05) is 57.9 Å². The summed E-state index contributed by atoms with van der Waals surface area (Å²) < 4.78 is 5.53. The van der Waals surface area contributed by atoms with Crippen molar-refractivity contribution < 1.29 is 9.84 Å². The summed E-state index contributed by atoms with van der Waals surface area (Å²) in [6.45, 7) is 9.48. The zero-order valence-electron chi connectivity index (χ0n) is 15.3. The fourth-order valence-corrected chi connectivity index (χ4v) is 3.64. The molecule has 3 rings (SSSR count). The first-order valence-corrected chi connectivity index (χ1v) is 9.16. The molecule has 1 heterocycles. The van der Waals surface area contributed by atoms with E-state index in [-0.39, 0.29) is 6.04 Å². The van der Waals surface area contributed by atoms with E-state index in [2.05, 4.69) is 46.0 Å². The lowest BCUT2D eigenvalue weighted by Gasteiger charge is -2.30. The fraction of sp³-hybridized carbons (Fsp3) is 0.579. The van der Waals surface area contributed by atoms with Gasteiger partial charge in [0.15, 0.2) is 11.5 Å². The smallest absolute Gasteiger partial charge is 0.165 e. The van der Waals surface area contributed by atoms with E-state index < -0.39 is 0 Å². The number of rotatable bonds is 2. The zero-order chi connectivity index (χ0) is 17.6. The van der Waals surface area contributed by atoms with Gasteiger partial charge in [0.25, 0.3) is 0 Å². The lowest BCUT2D eigenvalue weighted by Crippen LogP contribution is -2.43. The molecule has 6 heteroatoms. The summed E-state index contributed by atoms with van der Waals surface area (Å²) in [5, 5.41) is 21.2. The van der Waals surface area contributed by atoms with Gasteiger partial charge < -0.3 is 25.8 Å². The molecular weight excluding hydrogens is 316 g/mol. The van der Waals surface area contributed by atoms with Crippen LogP contribution in [0.5, 0.6) is 0 Å². The number of nitrogens with zero attached hydrogens (tertiary/aromatic N) is 1. The molecule has 1 aromatic carbocycles. The Morgan fingerprint density at radius 3 is 2.20 bits per heavy atom. The van der Waals surface area contributed by atoms with E-state index >= 15 is 0 Å². The van der Waals surface area contributed by atoms with Crippen LogP contribution in [0.25, 0.3) is 5.76 Å². The van der Waals surface area contributed by atoms with Gasteiger partial charge in [-0.25, -0.2) is 0 Å². The number of nitrogens with one attached hydrogen (secondary N) is 3. The molecule has 1 aliphatic carbocycles. The number of aryl methyl sites for hydroxylation is 1. The largest absolute Gasteiger partial charge is 0.507 e. The number of aliphatic hydroxyl groups is 1. The molecule has 0 saturated carbocycles. The van der Waals surface area contributed by atoms with E-state index in [9.17, 15) is 5.11 Å². The van der Waals surface area contributed by atoms with Gasteiger partial charge in [0.2, 0.25) is 0 Å². The van der Waals surface area contributed by atoms with Crippen LogP contribution in [0, 0.1) is 6.92 Å². The Morgan fingerprint density at radius 2 is 1.60 bits per heavy atom. The maximum absolute atomic E-state index is 10.9. The molecule has 25 heavy (non-hydrogen) atoms. The average molecular weight is 346 g/mol. The Labute approximate surface area is 150 Å². The molecule has 6 nitrogen and oxygen atoms in total. The number of fused-ring (bicyclic) bond motifs is 1. The molecule has 1 fully saturated rings. The van der Waals surface area contributed by atoms with Gasteiger partial charge in [-0.3, -0.25) is 4.90 Å². The van der Waals surface area contributed by atoms with E-state index in [0.717, 1.165) is 63.5 Å². The van der Waals surface area contributed by atoms with Crippen LogP contribution in [0.3, 0.4) is 0 Å². The lowest BCUT2D eigenvalue weighted by atomic mass is 10.0. The number of methoxy groups -OCH3 is 1. The molecule has 1 unspecified atom stereocenters. The second-order valence-electron chi connectivity index (χ2n) is 6.70. The van der Waals surface area contributed by atoms with E-state index in [1.807, 2.05) is 0 Å². The zero-order valence-corrected chi connectivity index (χ0v) is 15.3. The first-order chi connectivity index (χ1) is 12.2. The van der Waals surface area contributed by atoms with Crippen LogP contribution < -0.4 is 16.0 Å².